The number of hydrogen-bond donors (Lipinski definition) is 3. The zero-order valence-electron chi connectivity index (χ0n) is 14.2. The van der Waals surface area contributed by atoms with E-state index in [9.17, 15) is 4.79 Å². The van der Waals surface area contributed by atoms with Gasteiger partial charge in [0.1, 0.15) is 0 Å². The first-order chi connectivity index (χ1) is 11.5. The van der Waals surface area contributed by atoms with Crippen LogP contribution in [-0.4, -0.2) is 11.9 Å². The van der Waals surface area contributed by atoms with Gasteiger partial charge in [0, 0.05) is 11.3 Å². The normalized spacial score (nSPS) is 11.3. The molecule has 2 aromatic rings. The van der Waals surface area contributed by atoms with Gasteiger partial charge in [-0.05, 0) is 41.7 Å². The van der Waals surface area contributed by atoms with Crippen molar-refractivity contribution in [1.82, 2.24) is 0 Å². The second-order valence-electron chi connectivity index (χ2n) is 5.55. The lowest BCUT2D eigenvalue weighted by Crippen LogP contribution is -2.24. The summed E-state index contributed by atoms with van der Waals surface area (Å²) in [6.07, 6.45) is 1.86. The zero-order chi connectivity index (χ0) is 17.5. The van der Waals surface area contributed by atoms with Crippen molar-refractivity contribution in [3.05, 3.63) is 64.7 Å². The summed E-state index contributed by atoms with van der Waals surface area (Å²) in [7, 11) is 0. The van der Waals surface area contributed by atoms with Gasteiger partial charge in [0.2, 0.25) is 5.91 Å². The maximum Gasteiger partial charge on any atom is 0.248 e. The second kappa shape index (κ2) is 8.15. The molecule has 0 bridgehead atoms. The lowest BCUT2D eigenvalue weighted by atomic mass is 10.0. The van der Waals surface area contributed by atoms with Crippen LogP contribution in [0.5, 0.6) is 0 Å². The van der Waals surface area contributed by atoms with Crippen molar-refractivity contribution in [2.45, 2.75) is 33.2 Å². The number of para-hydroxylation sites is 1. The molecule has 0 aliphatic rings. The molecule has 2 rings (SSSR count). The Morgan fingerprint density at radius 1 is 1.00 bits per heavy atom. The number of anilines is 1. The predicted molar refractivity (Wildman–Crippen MR) is 99.1 cm³/mol. The van der Waals surface area contributed by atoms with Crippen molar-refractivity contribution in [1.29, 1.82) is 0 Å². The monoisotopic (exact) mass is 324 g/mol. The van der Waals surface area contributed by atoms with Gasteiger partial charge in [0.15, 0.2) is 5.96 Å². The van der Waals surface area contributed by atoms with Crippen molar-refractivity contribution in [3.63, 3.8) is 0 Å². The molecule has 0 aliphatic carbocycles. The lowest BCUT2D eigenvalue weighted by molar-refractivity contribution is 0.100. The molecule has 0 heterocycles. The van der Waals surface area contributed by atoms with E-state index in [4.69, 9.17) is 11.5 Å². The van der Waals surface area contributed by atoms with Crippen LogP contribution < -0.4 is 16.8 Å². The number of hydrogen-bond acceptors (Lipinski definition) is 2. The summed E-state index contributed by atoms with van der Waals surface area (Å²) in [5, 5.41) is 3.23. The van der Waals surface area contributed by atoms with E-state index >= 15 is 0 Å². The van der Waals surface area contributed by atoms with Gasteiger partial charge in [-0.25, -0.2) is 4.99 Å². The average molecular weight is 324 g/mol. The molecule has 0 unspecified atom stereocenters. The molecule has 1 amide bonds. The number of aryl methyl sites for hydroxylation is 2. The van der Waals surface area contributed by atoms with E-state index in [2.05, 4.69) is 42.4 Å². The predicted octanol–water partition coefficient (Wildman–Crippen LogP) is 2.84. The van der Waals surface area contributed by atoms with Gasteiger partial charge in [-0.2, -0.15) is 0 Å². The molecule has 0 saturated carbocycles. The molecule has 0 spiro atoms. The van der Waals surface area contributed by atoms with E-state index in [-0.39, 0.29) is 0 Å². The van der Waals surface area contributed by atoms with Crippen LogP contribution in [0, 0.1) is 0 Å². The molecule has 0 saturated heterocycles. The molecule has 5 nitrogen and oxygen atoms in total. The fraction of sp³-hybridized carbons (Fsp3) is 0.263. The highest BCUT2D eigenvalue weighted by Crippen LogP contribution is 2.22. The van der Waals surface area contributed by atoms with E-state index in [1.165, 1.54) is 11.1 Å². The van der Waals surface area contributed by atoms with Gasteiger partial charge in [-0.1, -0.05) is 44.2 Å². The number of guanidine groups is 1. The van der Waals surface area contributed by atoms with Crippen molar-refractivity contribution in [2.75, 3.05) is 5.32 Å². The first kappa shape index (κ1) is 17.5. The summed E-state index contributed by atoms with van der Waals surface area (Å²) in [6, 6.07) is 13.3. The topological polar surface area (TPSA) is 93.5 Å². The summed E-state index contributed by atoms with van der Waals surface area (Å²) < 4.78 is 0. The number of carbonyl (C=O) groups excluding carboxylic acids is 1. The van der Waals surface area contributed by atoms with Crippen molar-refractivity contribution in [2.24, 2.45) is 16.5 Å². The summed E-state index contributed by atoms with van der Waals surface area (Å²) in [5.41, 5.74) is 16.2. The minimum atomic E-state index is -0.436. The number of primary amides is 1. The lowest BCUT2D eigenvalue weighted by Gasteiger charge is -2.14. The fourth-order valence-electron chi connectivity index (χ4n) is 2.52. The molecular weight excluding hydrogens is 300 g/mol. The molecule has 0 radical (unpaired) electrons. The van der Waals surface area contributed by atoms with Crippen LogP contribution in [0.25, 0.3) is 0 Å². The maximum atomic E-state index is 11.1. The van der Waals surface area contributed by atoms with E-state index < -0.39 is 5.91 Å². The van der Waals surface area contributed by atoms with Gasteiger partial charge in [-0.3, -0.25) is 4.79 Å². The van der Waals surface area contributed by atoms with Crippen LogP contribution in [-0.2, 0) is 19.4 Å². The van der Waals surface area contributed by atoms with Crippen molar-refractivity contribution >= 4 is 17.6 Å². The van der Waals surface area contributed by atoms with Gasteiger partial charge in [0.05, 0.1) is 6.54 Å². The SMILES string of the molecule is CCc1cccc(CC)c1NC(N)=NCc1ccc(C(N)=O)cc1. The second-order valence-corrected chi connectivity index (χ2v) is 5.55. The molecule has 0 aliphatic heterocycles. The Hall–Kier alpha value is -2.82. The summed E-state index contributed by atoms with van der Waals surface area (Å²) in [6.45, 7) is 4.68. The Bertz CT molecular complexity index is 713. The number of carbonyl (C=O) groups is 1. The van der Waals surface area contributed by atoms with E-state index in [1.807, 2.05) is 12.1 Å². The van der Waals surface area contributed by atoms with Crippen molar-refractivity contribution < 1.29 is 4.79 Å². The molecule has 5 heteroatoms. The Balaban J connectivity index is 2.11. The largest absolute Gasteiger partial charge is 0.370 e. The number of amides is 1. The first-order valence-electron chi connectivity index (χ1n) is 8.11. The van der Waals surface area contributed by atoms with Crippen LogP contribution in [0.15, 0.2) is 47.5 Å². The number of aliphatic imine (C=N–C) groups is 1. The maximum absolute atomic E-state index is 11.1. The van der Waals surface area contributed by atoms with E-state index in [1.54, 1.807) is 12.1 Å². The zero-order valence-corrected chi connectivity index (χ0v) is 14.2. The van der Waals surface area contributed by atoms with Crippen LogP contribution in [0.2, 0.25) is 0 Å². The van der Waals surface area contributed by atoms with Crippen LogP contribution in [0.1, 0.15) is 40.9 Å². The number of benzene rings is 2. The summed E-state index contributed by atoms with van der Waals surface area (Å²) in [4.78, 5) is 15.4. The Morgan fingerprint density at radius 3 is 2.08 bits per heavy atom. The molecule has 0 atom stereocenters. The third-order valence-corrected chi connectivity index (χ3v) is 3.92. The molecule has 0 aromatic heterocycles. The molecular formula is C19H24N4O. The van der Waals surface area contributed by atoms with E-state index in [0.717, 1.165) is 24.1 Å². The highest BCUT2D eigenvalue weighted by Gasteiger charge is 2.07. The molecule has 24 heavy (non-hydrogen) atoms. The standard InChI is InChI=1S/C19H24N4O/c1-3-14-6-5-7-15(4-2)17(14)23-19(21)22-12-13-8-10-16(11-9-13)18(20)24/h5-11H,3-4,12H2,1-2H3,(H2,20,24)(H3,21,22,23). The number of nitrogens with one attached hydrogen (secondary N) is 1. The molecule has 2 aromatic carbocycles. The molecule has 0 fully saturated rings. The number of nitrogens with two attached hydrogens (primary N) is 2. The summed E-state index contributed by atoms with van der Waals surface area (Å²) in [5.74, 6) is -0.0564. The third kappa shape index (κ3) is 4.35. The van der Waals surface area contributed by atoms with Crippen LogP contribution >= 0.6 is 0 Å². The third-order valence-electron chi connectivity index (χ3n) is 3.92. The fourth-order valence-corrected chi connectivity index (χ4v) is 2.52. The molecule has 5 N–H and O–H groups in total. The average Bonchev–Trinajstić information content (AvgIpc) is 2.60. The minimum absolute atomic E-state index is 0.379. The summed E-state index contributed by atoms with van der Waals surface area (Å²) >= 11 is 0. The Morgan fingerprint density at radius 2 is 1.58 bits per heavy atom. The Kier molecular flexibility index (Phi) is 5.95. The Labute approximate surface area is 142 Å². The smallest absolute Gasteiger partial charge is 0.248 e. The quantitative estimate of drug-likeness (QED) is 0.563. The van der Waals surface area contributed by atoms with Gasteiger partial charge in [0.25, 0.3) is 0 Å². The minimum Gasteiger partial charge on any atom is -0.370 e. The van der Waals surface area contributed by atoms with E-state index in [0.29, 0.717) is 18.1 Å². The highest BCUT2D eigenvalue weighted by molar-refractivity contribution is 5.94. The number of rotatable bonds is 6. The van der Waals surface area contributed by atoms with Gasteiger partial charge < -0.3 is 16.8 Å². The van der Waals surface area contributed by atoms with Crippen LogP contribution in [0.4, 0.5) is 5.69 Å². The van der Waals surface area contributed by atoms with Crippen molar-refractivity contribution in [3.8, 4) is 0 Å². The molecule has 126 valence electrons. The van der Waals surface area contributed by atoms with Gasteiger partial charge in [-0.15, -0.1) is 0 Å². The first-order valence-corrected chi connectivity index (χ1v) is 8.11. The highest BCUT2D eigenvalue weighted by atomic mass is 16.1. The van der Waals surface area contributed by atoms with Gasteiger partial charge >= 0.3 is 0 Å². The van der Waals surface area contributed by atoms with Crippen LogP contribution in [0.3, 0.4) is 0 Å². The number of nitrogens with zero attached hydrogens (tertiary/aromatic N) is 1.